The maximum Gasteiger partial charge on any atom is 0.191 e. The molecule has 6 heteroatoms. The molecular weight excluding hydrogens is 441 g/mol. The van der Waals surface area contributed by atoms with Crippen molar-refractivity contribution < 1.29 is 9.47 Å². The fraction of sp³-hybridized carbons (Fsp3) is 0.650. The van der Waals surface area contributed by atoms with E-state index in [2.05, 4.69) is 55.7 Å². The van der Waals surface area contributed by atoms with Crippen LogP contribution in [0.1, 0.15) is 37.8 Å². The molecule has 2 rings (SSSR count). The van der Waals surface area contributed by atoms with Crippen molar-refractivity contribution >= 4 is 29.9 Å². The Morgan fingerprint density at radius 3 is 2.62 bits per heavy atom. The number of aryl methyl sites for hydroxylation is 1. The van der Waals surface area contributed by atoms with Crippen LogP contribution in [0.15, 0.2) is 29.3 Å². The van der Waals surface area contributed by atoms with Gasteiger partial charge >= 0.3 is 0 Å². The lowest BCUT2D eigenvalue weighted by Crippen LogP contribution is -2.45. The van der Waals surface area contributed by atoms with Crippen LogP contribution >= 0.6 is 24.0 Å². The smallest absolute Gasteiger partial charge is 0.191 e. The second-order valence-corrected chi connectivity index (χ2v) is 6.90. The molecular formula is C20H34IN3O2. The Bertz CT molecular complexity index is 560. The van der Waals surface area contributed by atoms with E-state index in [1.54, 1.807) is 7.11 Å². The number of methoxy groups -OCH3 is 1. The monoisotopic (exact) mass is 475 g/mol. The Morgan fingerprint density at radius 2 is 2.00 bits per heavy atom. The van der Waals surface area contributed by atoms with Crippen LogP contribution in [0.4, 0.5) is 0 Å². The van der Waals surface area contributed by atoms with Gasteiger partial charge in [-0.3, -0.25) is 4.99 Å². The van der Waals surface area contributed by atoms with E-state index < -0.39 is 0 Å². The van der Waals surface area contributed by atoms with Gasteiger partial charge in [-0.1, -0.05) is 24.3 Å². The molecule has 1 saturated heterocycles. The molecule has 5 nitrogen and oxygen atoms in total. The van der Waals surface area contributed by atoms with E-state index in [0.717, 1.165) is 45.1 Å². The molecule has 1 aromatic rings. The van der Waals surface area contributed by atoms with Gasteiger partial charge in [0, 0.05) is 38.3 Å². The number of hydrogen-bond donors (Lipinski definition) is 2. The second kappa shape index (κ2) is 11.8. The Balaban J connectivity index is 0.00000338. The lowest BCUT2D eigenvalue weighted by Gasteiger charge is -2.37. The van der Waals surface area contributed by atoms with Crippen molar-refractivity contribution in [3.05, 3.63) is 35.4 Å². The molecule has 0 saturated carbocycles. The van der Waals surface area contributed by atoms with E-state index in [1.807, 2.05) is 0 Å². The Kier molecular flexibility index (Phi) is 10.5. The molecule has 0 aromatic heterocycles. The zero-order chi connectivity index (χ0) is 18.1. The summed E-state index contributed by atoms with van der Waals surface area (Å²) in [6.45, 7) is 10.2. The molecule has 2 N–H and O–H groups in total. The predicted octanol–water partition coefficient (Wildman–Crippen LogP) is 3.25. The van der Waals surface area contributed by atoms with Crippen LogP contribution in [0.5, 0.6) is 0 Å². The van der Waals surface area contributed by atoms with Crippen LogP contribution in [-0.4, -0.2) is 52.0 Å². The predicted molar refractivity (Wildman–Crippen MR) is 119 cm³/mol. The van der Waals surface area contributed by atoms with Crippen molar-refractivity contribution in [1.82, 2.24) is 10.6 Å². The van der Waals surface area contributed by atoms with E-state index in [-0.39, 0.29) is 35.4 Å². The Morgan fingerprint density at radius 1 is 1.31 bits per heavy atom. The summed E-state index contributed by atoms with van der Waals surface area (Å²) in [4.78, 5) is 4.93. The molecule has 26 heavy (non-hydrogen) atoms. The highest BCUT2D eigenvalue weighted by Gasteiger charge is 2.35. The van der Waals surface area contributed by atoms with Crippen molar-refractivity contribution in [3.8, 4) is 0 Å². The van der Waals surface area contributed by atoms with Gasteiger partial charge in [-0.15, -0.1) is 24.0 Å². The summed E-state index contributed by atoms with van der Waals surface area (Å²) in [5.74, 6) is 0.853. The van der Waals surface area contributed by atoms with E-state index >= 15 is 0 Å². The van der Waals surface area contributed by atoms with Crippen LogP contribution in [0.25, 0.3) is 0 Å². The first-order valence-electron chi connectivity index (χ1n) is 9.29. The first kappa shape index (κ1) is 23.2. The largest absolute Gasteiger partial charge is 0.383 e. The van der Waals surface area contributed by atoms with Gasteiger partial charge in [-0.25, -0.2) is 0 Å². The fourth-order valence-electron chi connectivity index (χ4n) is 3.52. The second-order valence-electron chi connectivity index (χ2n) is 6.90. The summed E-state index contributed by atoms with van der Waals surface area (Å²) in [5.41, 5.74) is 2.80. The van der Waals surface area contributed by atoms with Gasteiger partial charge in [-0.05, 0) is 44.7 Å². The lowest BCUT2D eigenvalue weighted by molar-refractivity contribution is 0.0529. The minimum absolute atomic E-state index is 0. The van der Waals surface area contributed by atoms with E-state index in [1.165, 1.54) is 11.1 Å². The molecule has 0 amide bonds. The number of halogens is 1. The molecule has 1 fully saturated rings. The quantitative estimate of drug-likeness (QED) is 0.361. The van der Waals surface area contributed by atoms with Gasteiger partial charge in [0.1, 0.15) is 0 Å². The highest BCUT2D eigenvalue weighted by Crippen LogP contribution is 2.36. The van der Waals surface area contributed by atoms with Crippen molar-refractivity contribution in [2.45, 2.75) is 45.1 Å². The summed E-state index contributed by atoms with van der Waals surface area (Å²) in [6, 6.07) is 8.90. The van der Waals surface area contributed by atoms with Gasteiger partial charge in [0.15, 0.2) is 5.96 Å². The number of aliphatic imine (C=N–C) groups is 1. The minimum atomic E-state index is 0. The van der Waals surface area contributed by atoms with Crippen LogP contribution < -0.4 is 10.6 Å². The minimum Gasteiger partial charge on any atom is -0.383 e. The third-order valence-corrected chi connectivity index (χ3v) is 4.85. The SMILES string of the molecule is CCNC(=NCC1(c2ccccc2C)CCOCC1)NC(C)COC.I. The van der Waals surface area contributed by atoms with E-state index in [4.69, 9.17) is 14.5 Å². The molecule has 148 valence electrons. The maximum absolute atomic E-state index is 5.64. The van der Waals surface area contributed by atoms with Crippen molar-refractivity contribution in [2.24, 2.45) is 4.99 Å². The van der Waals surface area contributed by atoms with Gasteiger partial charge in [-0.2, -0.15) is 0 Å². The molecule has 0 aliphatic carbocycles. The molecule has 1 aliphatic heterocycles. The van der Waals surface area contributed by atoms with Gasteiger partial charge in [0.25, 0.3) is 0 Å². The van der Waals surface area contributed by atoms with E-state index in [0.29, 0.717) is 6.61 Å². The molecule has 0 spiro atoms. The van der Waals surface area contributed by atoms with Crippen LogP contribution in [0.2, 0.25) is 0 Å². The summed E-state index contributed by atoms with van der Waals surface area (Å²) < 4.78 is 10.9. The number of ether oxygens (including phenoxy) is 2. The molecule has 0 radical (unpaired) electrons. The number of nitrogens with one attached hydrogen (secondary N) is 2. The Hall–Kier alpha value is -0.860. The van der Waals surface area contributed by atoms with Crippen LogP contribution in [-0.2, 0) is 14.9 Å². The average Bonchev–Trinajstić information content (AvgIpc) is 2.61. The summed E-state index contributed by atoms with van der Waals surface area (Å²) in [7, 11) is 1.72. The number of guanidine groups is 1. The normalized spacial score (nSPS) is 17.9. The van der Waals surface area contributed by atoms with E-state index in [9.17, 15) is 0 Å². The number of benzene rings is 1. The first-order chi connectivity index (χ1) is 12.1. The topological polar surface area (TPSA) is 54.9 Å². The standard InChI is InChI=1S/C20H33N3O2.HI/c1-5-21-19(23-17(3)14-24-4)22-15-20(10-12-25-13-11-20)18-9-7-6-8-16(18)2;/h6-9,17H,5,10-15H2,1-4H3,(H2,21,22,23);1H. The molecule has 1 atom stereocenters. The molecule has 1 unspecified atom stereocenters. The first-order valence-corrected chi connectivity index (χ1v) is 9.29. The van der Waals surface area contributed by atoms with Gasteiger partial charge < -0.3 is 20.1 Å². The third kappa shape index (κ3) is 6.39. The number of hydrogen-bond acceptors (Lipinski definition) is 3. The fourth-order valence-corrected chi connectivity index (χ4v) is 3.52. The average molecular weight is 475 g/mol. The van der Waals surface area contributed by atoms with Gasteiger partial charge in [0.2, 0.25) is 0 Å². The zero-order valence-electron chi connectivity index (χ0n) is 16.5. The molecule has 0 bridgehead atoms. The molecule has 1 heterocycles. The molecule has 1 aliphatic rings. The summed E-state index contributed by atoms with van der Waals surface area (Å²) >= 11 is 0. The van der Waals surface area contributed by atoms with Crippen molar-refractivity contribution in [1.29, 1.82) is 0 Å². The highest BCUT2D eigenvalue weighted by atomic mass is 127. The van der Waals surface area contributed by atoms with Crippen LogP contribution in [0, 0.1) is 6.92 Å². The Labute approximate surface area is 175 Å². The van der Waals surface area contributed by atoms with Crippen molar-refractivity contribution in [2.75, 3.05) is 40.0 Å². The van der Waals surface area contributed by atoms with Crippen molar-refractivity contribution in [3.63, 3.8) is 0 Å². The molecule has 1 aromatic carbocycles. The summed E-state index contributed by atoms with van der Waals surface area (Å²) in [6.07, 6.45) is 2.02. The highest BCUT2D eigenvalue weighted by molar-refractivity contribution is 14.0. The lowest BCUT2D eigenvalue weighted by atomic mass is 9.72. The maximum atomic E-state index is 5.64. The summed E-state index contributed by atoms with van der Waals surface area (Å²) in [5, 5.41) is 6.77. The number of rotatable bonds is 7. The zero-order valence-corrected chi connectivity index (χ0v) is 18.8. The third-order valence-electron chi connectivity index (χ3n) is 4.85. The van der Waals surface area contributed by atoms with Crippen LogP contribution in [0.3, 0.4) is 0 Å². The van der Waals surface area contributed by atoms with Gasteiger partial charge in [0.05, 0.1) is 13.2 Å². The number of nitrogens with zero attached hydrogens (tertiary/aromatic N) is 1.